The lowest BCUT2D eigenvalue weighted by molar-refractivity contribution is -0.131. The number of nitrogens with zero attached hydrogens (tertiary/aromatic N) is 1. The van der Waals surface area contributed by atoms with Gasteiger partial charge in [-0.15, -0.1) is 11.3 Å². The van der Waals surface area contributed by atoms with Crippen LogP contribution in [0.2, 0.25) is 0 Å². The molecule has 1 aromatic carbocycles. The van der Waals surface area contributed by atoms with E-state index in [2.05, 4.69) is 16.7 Å². The van der Waals surface area contributed by atoms with Gasteiger partial charge in [-0.25, -0.2) is 0 Å². The molecule has 3 atom stereocenters. The van der Waals surface area contributed by atoms with Crippen LogP contribution in [-0.2, 0) is 9.59 Å². The average Bonchev–Trinajstić information content (AvgIpc) is 3.21. The summed E-state index contributed by atoms with van der Waals surface area (Å²) in [5.74, 6) is -2.67. The summed E-state index contributed by atoms with van der Waals surface area (Å²) in [5, 5.41) is 29.1. The second-order valence-electron chi connectivity index (χ2n) is 7.16. The smallest absolute Gasteiger partial charge is 0.233 e. The van der Waals surface area contributed by atoms with Crippen LogP contribution in [0.25, 0.3) is 0 Å². The van der Waals surface area contributed by atoms with Crippen molar-refractivity contribution >= 4 is 40.6 Å². The van der Waals surface area contributed by atoms with E-state index in [4.69, 9.17) is 5.73 Å². The highest BCUT2D eigenvalue weighted by Crippen LogP contribution is 2.46. The van der Waals surface area contributed by atoms with Gasteiger partial charge in [0.05, 0.1) is 28.3 Å². The van der Waals surface area contributed by atoms with E-state index in [1.165, 1.54) is 18.3 Å². The monoisotopic (exact) mass is 442 g/mol. The number of hydrogen-bond donors (Lipinski definition) is 4. The third-order valence-corrected chi connectivity index (χ3v) is 6.87. The molecule has 30 heavy (non-hydrogen) atoms. The number of nitriles is 1. The normalized spacial score (nSPS) is 23.4. The molecule has 2 aromatic rings. The van der Waals surface area contributed by atoms with E-state index in [9.17, 15) is 20.0 Å². The second-order valence-corrected chi connectivity index (χ2v) is 9.12. The summed E-state index contributed by atoms with van der Waals surface area (Å²) >= 11 is 2.45. The largest absolute Gasteiger partial charge is 0.370 e. The molecular formula is C21H22N4O3S2. The van der Waals surface area contributed by atoms with Gasteiger partial charge in [0.15, 0.2) is 0 Å². The average molecular weight is 443 g/mol. The van der Waals surface area contributed by atoms with E-state index in [1.54, 1.807) is 6.07 Å². The maximum absolute atomic E-state index is 13.4. The summed E-state index contributed by atoms with van der Waals surface area (Å²) in [6.45, 7) is 3.37. The first-order valence-corrected chi connectivity index (χ1v) is 11.1. The minimum atomic E-state index is -1.66. The molecule has 5 N–H and O–H groups in total. The number of benzene rings is 1. The zero-order chi connectivity index (χ0) is 21.9. The molecule has 0 saturated carbocycles. The minimum absolute atomic E-state index is 0.0547. The van der Waals surface area contributed by atoms with Crippen LogP contribution in [0.5, 0.6) is 0 Å². The Labute approximate surface area is 183 Å². The second kappa shape index (κ2) is 8.92. The fourth-order valence-electron chi connectivity index (χ4n) is 3.49. The molecule has 1 aromatic heterocycles. The predicted octanol–water partition coefficient (Wildman–Crippen LogP) is 2.66. The molecule has 2 amide bonds. The lowest BCUT2D eigenvalue weighted by Crippen LogP contribution is -2.57. The minimum Gasteiger partial charge on any atom is -0.370 e. The number of primary amides is 1. The van der Waals surface area contributed by atoms with Gasteiger partial charge in [-0.05, 0) is 36.9 Å². The van der Waals surface area contributed by atoms with Gasteiger partial charge in [0.2, 0.25) is 11.8 Å². The third kappa shape index (κ3) is 4.51. The van der Waals surface area contributed by atoms with Crippen LogP contribution < -0.4 is 16.4 Å². The zero-order valence-corrected chi connectivity index (χ0v) is 18.1. The van der Waals surface area contributed by atoms with Crippen molar-refractivity contribution < 1.29 is 14.7 Å². The van der Waals surface area contributed by atoms with Crippen LogP contribution >= 0.6 is 23.1 Å². The van der Waals surface area contributed by atoms with E-state index >= 15 is 0 Å². The number of carbonyl (C=O) groups is 2. The van der Waals surface area contributed by atoms with Crippen LogP contribution in [0.4, 0.5) is 5.69 Å². The molecule has 3 rings (SSSR count). The summed E-state index contributed by atoms with van der Waals surface area (Å²) in [7, 11) is 0. The number of nitrogens with one attached hydrogen (secondary N) is 2. The van der Waals surface area contributed by atoms with Crippen LogP contribution in [-0.4, -0.2) is 28.4 Å². The lowest BCUT2D eigenvalue weighted by Gasteiger charge is -2.43. The number of carbonyl (C=O) groups excluding carboxylic acids is 2. The van der Waals surface area contributed by atoms with Crippen molar-refractivity contribution in [3.63, 3.8) is 0 Å². The topological polar surface area (TPSA) is 128 Å². The SMILES string of the molecule is Cc1ccccc1NC(=O)[C@H]1[C@H](c2cccs2)C(C#N)=C(SCC(N)=O)N[C@@]1(C)O. The molecule has 0 bridgehead atoms. The first-order chi connectivity index (χ1) is 14.2. The predicted molar refractivity (Wildman–Crippen MR) is 118 cm³/mol. The van der Waals surface area contributed by atoms with Crippen LogP contribution in [0.15, 0.2) is 52.4 Å². The molecule has 0 fully saturated rings. The van der Waals surface area contributed by atoms with Crippen molar-refractivity contribution in [1.29, 1.82) is 5.26 Å². The molecule has 2 heterocycles. The number of thiophene rings is 1. The van der Waals surface area contributed by atoms with E-state index < -0.39 is 29.4 Å². The number of para-hydroxylation sites is 1. The maximum atomic E-state index is 13.4. The first kappa shape index (κ1) is 21.9. The number of rotatable bonds is 6. The van der Waals surface area contributed by atoms with Crippen molar-refractivity contribution in [3.8, 4) is 6.07 Å². The highest BCUT2D eigenvalue weighted by atomic mass is 32.2. The van der Waals surface area contributed by atoms with Crippen molar-refractivity contribution in [2.24, 2.45) is 11.7 Å². The number of aliphatic hydroxyl groups is 1. The highest BCUT2D eigenvalue weighted by molar-refractivity contribution is 8.03. The molecule has 7 nitrogen and oxygen atoms in total. The van der Waals surface area contributed by atoms with Gasteiger partial charge < -0.3 is 21.5 Å². The van der Waals surface area contributed by atoms with Gasteiger partial charge in [-0.1, -0.05) is 36.0 Å². The molecule has 0 unspecified atom stereocenters. The molecule has 0 aliphatic carbocycles. The van der Waals surface area contributed by atoms with Crippen LogP contribution in [0, 0.1) is 24.2 Å². The Bertz CT molecular complexity index is 1030. The van der Waals surface area contributed by atoms with Crippen LogP contribution in [0.3, 0.4) is 0 Å². The Hall–Kier alpha value is -2.80. The fraction of sp³-hybridized carbons (Fsp3) is 0.286. The number of amides is 2. The Kier molecular flexibility index (Phi) is 6.51. The van der Waals surface area contributed by atoms with Crippen molar-refractivity contribution in [2.75, 3.05) is 11.1 Å². The third-order valence-electron chi connectivity index (χ3n) is 4.88. The highest BCUT2D eigenvalue weighted by Gasteiger charge is 2.50. The fourth-order valence-corrected chi connectivity index (χ4v) is 5.26. The number of aryl methyl sites for hydroxylation is 1. The van der Waals surface area contributed by atoms with Crippen molar-refractivity contribution in [1.82, 2.24) is 5.32 Å². The number of thioether (sulfide) groups is 1. The molecule has 0 radical (unpaired) electrons. The van der Waals surface area contributed by atoms with Gasteiger partial charge >= 0.3 is 0 Å². The maximum Gasteiger partial charge on any atom is 0.233 e. The number of allylic oxidation sites excluding steroid dienone is 1. The Morgan fingerprint density at radius 3 is 2.70 bits per heavy atom. The summed E-state index contributed by atoms with van der Waals surface area (Å²) in [5.41, 5.74) is 5.40. The van der Waals surface area contributed by atoms with Crippen LogP contribution in [0.1, 0.15) is 23.3 Å². The van der Waals surface area contributed by atoms with Gasteiger partial charge in [0.25, 0.3) is 0 Å². The Balaban J connectivity index is 2.06. The molecule has 9 heteroatoms. The molecule has 156 valence electrons. The number of anilines is 1. The first-order valence-electron chi connectivity index (χ1n) is 9.20. The van der Waals surface area contributed by atoms with E-state index in [1.807, 2.05) is 42.6 Å². The molecular weight excluding hydrogens is 420 g/mol. The number of hydrogen-bond acceptors (Lipinski definition) is 7. The van der Waals surface area contributed by atoms with Gasteiger partial charge in [0, 0.05) is 16.5 Å². The molecule has 0 saturated heterocycles. The van der Waals surface area contributed by atoms with E-state index in [0.717, 1.165) is 22.2 Å². The zero-order valence-electron chi connectivity index (χ0n) is 16.5. The molecule has 1 aliphatic heterocycles. The summed E-state index contributed by atoms with van der Waals surface area (Å²) in [6.07, 6.45) is 0. The van der Waals surface area contributed by atoms with Gasteiger partial charge in [0.1, 0.15) is 5.72 Å². The molecule has 0 spiro atoms. The lowest BCUT2D eigenvalue weighted by atomic mass is 9.76. The Morgan fingerprint density at radius 2 is 2.10 bits per heavy atom. The number of nitrogens with two attached hydrogens (primary N) is 1. The van der Waals surface area contributed by atoms with Gasteiger partial charge in [-0.3, -0.25) is 9.59 Å². The Morgan fingerprint density at radius 1 is 1.37 bits per heavy atom. The summed E-state index contributed by atoms with van der Waals surface area (Å²) in [4.78, 5) is 25.4. The van der Waals surface area contributed by atoms with Gasteiger partial charge in [-0.2, -0.15) is 5.26 Å². The molecule has 1 aliphatic rings. The van der Waals surface area contributed by atoms with E-state index in [0.29, 0.717) is 16.3 Å². The standard InChI is InChI=1S/C21H22N4O3S2/c1-12-6-3-4-7-14(12)24-19(27)18-17(15-8-5-9-29-15)13(10-22)20(25-21(18,2)28)30-11-16(23)26/h3-9,17-18,25,28H,11H2,1-2H3,(H2,23,26)(H,24,27)/t17-,18+,21-/m0/s1. The van der Waals surface area contributed by atoms with E-state index in [-0.39, 0.29) is 5.75 Å². The van der Waals surface area contributed by atoms with Crippen molar-refractivity contribution in [3.05, 3.63) is 62.8 Å². The summed E-state index contributed by atoms with van der Waals surface area (Å²) < 4.78 is 0. The summed E-state index contributed by atoms with van der Waals surface area (Å²) in [6, 6.07) is 13.2. The van der Waals surface area contributed by atoms with Crippen molar-refractivity contribution in [2.45, 2.75) is 25.5 Å². The quantitative estimate of drug-likeness (QED) is 0.544.